The minimum absolute atomic E-state index is 0.185. The van der Waals surface area contributed by atoms with Gasteiger partial charge in [0.05, 0.1) is 7.11 Å². The van der Waals surface area contributed by atoms with Crippen molar-refractivity contribution < 1.29 is 19.4 Å². The fraction of sp³-hybridized carbons (Fsp3) is 0.364. The van der Waals surface area contributed by atoms with Crippen molar-refractivity contribution in [1.82, 2.24) is 0 Å². The molecule has 0 radical (unpaired) electrons. The van der Waals surface area contributed by atoms with Crippen LogP contribution in [0.5, 0.6) is 11.5 Å². The number of benzene rings is 1. The number of aryl methyl sites for hydroxylation is 1. The molecule has 1 N–H and O–H groups in total. The van der Waals surface area contributed by atoms with Gasteiger partial charge in [-0.1, -0.05) is 6.07 Å². The second-order valence-corrected chi connectivity index (χ2v) is 3.59. The quantitative estimate of drug-likeness (QED) is 0.801. The molecule has 0 saturated heterocycles. The minimum atomic E-state index is -0.860. The summed E-state index contributed by atoms with van der Waals surface area (Å²) in [5.74, 6) is -0.264. The van der Waals surface area contributed by atoms with Crippen LogP contribution in [0, 0.1) is 6.92 Å². The summed E-state index contributed by atoms with van der Waals surface area (Å²) < 4.78 is 10.5. The van der Waals surface area contributed by atoms with E-state index in [1.54, 1.807) is 7.11 Å². The molecule has 0 aliphatic carbocycles. The fourth-order valence-electron chi connectivity index (χ4n) is 1.79. The van der Waals surface area contributed by atoms with Crippen LogP contribution in [0.25, 0.3) is 0 Å². The van der Waals surface area contributed by atoms with Gasteiger partial charge in [0.2, 0.25) is 0 Å². The van der Waals surface area contributed by atoms with E-state index in [1.807, 2.05) is 19.1 Å². The van der Waals surface area contributed by atoms with Crippen molar-refractivity contribution in [3.63, 3.8) is 0 Å². The highest BCUT2D eigenvalue weighted by atomic mass is 16.5. The summed E-state index contributed by atoms with van der Waals surface area (Å²) in [4.78, 5) is 11.0. The summed E-state index contributed by atoms with van der Waals surface area (Å²) in [7, 11) is 1.55. The Hall–Kier alpha value is -1.71. The van der Waals surface area contributed by atoms with Crippen molar-refractivity contribution in [2.75, 3.05) is 13.7 Å². The van der Waals surface area contributed by atoms with Gasteiger partial charge in [-0.25, -0.2) is 0 Å². The summed E-state index contributed by atoms with van der Waals surface area (Å²) >= 11 is 0. The third kappa shape index (κ3) is 1.52. The SMILES string of the molecule is COc1cc(C)cc2c1OCC2C(=O)O. The molecular weight excluding hydrogens is 196 g/mol. The number of carbonyl (C=O) groups is 1. The topological polar surface area (TPSA) is 55.8 Å². The van der Waals surface area contributed by atoms with Crippen LogP contribution in [-0.4, -0.2) is 24.8 Å². The van der Waals surface area contributed by atoms with E-state index in [9.17, 15) is 4.79 Å². The standard InChI is InChI=1S/C11H12O4/c1-6-3-7-8(11(12)13)5-15-10(7)9(4-6)14-2/h3-4,8H,5H2,1-2H3,(H,12,13). The third-order valence-corrected chi connectivity index (χ3v) is 2.52. The van der Waals surface area contributed by atoms with Gasteiger partial charge in [-0.05, 0) is 18.6 Å². The molecule has 2 rings (SSSR count). The number of rotatable bonds is 2. The van der Waals surface area contributed by atoms with Gasteiger partial charge in [-0.3, -0.25) is 4.79 Å². The van der Waals surface area contributed by atoms with Crippen LogP contribution < -0.4 is 9.47 Å². The molecule has 1 aliphatic heterocycles. The molecule has 0 aromatic heterocycles. The molecule has 0 bridgehead atoms. The molecule has 4 nitrogen and oxygen atoms in total. The smallest absolute Gasteiger partial charge is 0.314 e. The molecule has 0 fully saturated rings. The number of ether oxygens (including phenoxy) is 2. The number of carboxylic acid groups (broad SMARTS) is 1. The first kappa shape index (κ1) is 9.83. The average Bonchev–Trinajstić information content (AvgIpc) is 2.59. The Morgan fingerprint density at radius 3 is 2.93 bits per heavy atom. The Labute approximate surface area is 87.4 Å². The van der Waals surface area contributed by atoms with E-state index in [1.165, 1.54) is 0 Å². The van der Waals surface area contributed by atoms with E-state index >= 15 is 0 Å². The molecule has 1 unspecified atom stereocenters. The Morgan fingerprint density at radius 2 is 2.33 bits per heavy atom. The van der Waals surface area contributed by atoms with Crippen LogP contribution in [0.1, 0.15) is 17.0 Å². The zero-order valence-corrected chi connectivity index (χ0v) is 8.61. The van der Waals surface area contributed by atoms with Crippen molar-refractivity contribution in [2.24, 2.45) is 0 Å². The Bertz CT molecular complexity index is 411. The lowest BCUT2D eigenvalue weighted by Gasteiger charge is -2.08. The summed E-state index contributed by atoms with van der Waals surface area (Å²) in [5, 5.41) is 8.99. The lowest BCUT2D eigenvalue weighted by Crippen LogP contribution is -2.12. The molecule has 1 aliphatic rings. The highest BCUT2D eigenvalue weighted by molar-refractivity contribution is 5.79. The van der Waals surface area contributed by atoms with Crippen LogP contribution in [0.3, 0.4) is 0 Å². The molecule has 0 amide bonds. The van der Waals surface area contributed by atoms with Crippen molar-refractivity contribution in [2.45, 2.75) is 12.8 Å². The highest BCUT2D eigenvalue weighted by Gasteiger charge is 2.32. The number of aliphatic carboxylic acids is 1. The summed E-state index contributed by atoms with van der Waals surface area (Å²) in [6.07, 6.45) is 0. The van der Waals surface area contributed by atoms with Crippen LogP contribution in [-0.2, 0) is 4.79 Å². The zero-order valence-electron chi connectivity index (χ0n) is 8.61. The van der Waals surface area contributed by atoms with E-state index < -0.39 is 11.9 Å². The summed E-state index contributed by atoms with van der Waals surface area (Å²) in [6.45, 7) is 2.09. The largest absolute Gasteiger partial charge is 0.493 e. The van der Waals surface area contributed by atoms with Gasteiger partial charge in [0.25, 0.3) is 0 Å². The molecule has 1 atom stereocenters. The predicted octanol–water partition coefficient (Wildman–Crippen LogP) is 1.56. The van der Waals surface area contributed by atoms with Crippen molar-refractivity contribution in [3.05, 3.63) is 23.3 Å². The van der Waals surface area contributed by atoms with Gasteiger partial charge in [-0.15, -0.1) is 0 Å². The van der Waals surface area contributed by atoms with Gasteiger partial charge in [-0.2, -0.15) is 0 Å². The van der Waals surface area contributed by atoms with E-state index in [-0.39, 0.29) is 6.61 Å². The van der Waals surface area contributed by atoms with Gasteiger partial charge >= 0.3 is 5.97 Å². The Morgan fingerprint density at radius 1 is 1.60 bits per heavy atom. The molecular formula is C11H12O4. The second-order valence-electron chi connectivity index (χ2n) is 3.59. The molecule has 1 aromatic rings. The van der Waals surface area contributed by atoms with Crippen LogP contribution >= 0.6 is 0 Å². The van der Waals surface area contributed by atoms with Crippen molar-refractivity contribution >= 4 is 5.97 Å². The van der Waals surface area contributed by atoms with Crippen molar-refractivity contribution in [3.8, 4) is 11.5 Å². The summed E-state index contributed by atoms with van der Waals surface area (Å²) in [6, 6.07) is 3.67. The molecule has 1 aromatic carbocycles. The maximum atomic E-state index is 11.0. The van der Waals surface area contributed by atoms with Crippen molar-refractivity contribution in [1.29, 1.82) is 0 Å². The van der Waals surface area contributed by atoms with Crippen LogP contribution in [0.15, 0.2) is 12.1 Å². The molecule has 4 heteroatoms. The lowest BCUT2D eigenvalue weighted by atomic mass is 9.99. The van der Waals surface area contributed by atoms with Gasteiger partial charge in [0.15, 0.2) is 11.5 Å². The zero-order chi connectivity index (χ0) is 11.0. The predicted molar refractivity (Wildman–Crippen MR) is 53.6 cm³/mol. The first-order valence-corrected chi connectivity index (χ1v) is 4.67. The maximum Gasteiger partial charge on any atom is 0.314 e. The van der Waals surface area contributed by atoms with Gasteiger partial charge < -0.3 is 14.6 Å². The monoisotopic (exact) mass is 208 g/mol. The fourth-order valence-corrected chi connectivity index (χ4v) is 1.79. The second kappa shape index (κ2) is 3.46. The van der Waals surface area contributed by atoms with E-state index in [2.05, 4.69) is 0 Å². The first-order valence-electron chi connectivity index (χ1n) is 4.67. The summed E-state index contributed by atoms with van der Waals surface area (Å²) in [5.41, 5.74) is 1.68. The van der Waals surface area contributed by atoms with E-state index in [0.717, 1.165) is 5.56 Å². The van der Waals surface area contributed by atoms with E-state index in [4.69, 9.17) is 14.6 Å². The lowest BCUT2D eigenvalue weighted by molar-refractivity contribution is -0.138. The molecule has 0 spiro atoms. The normalized spacial score (nSPS) is 18.1. The molecule has 80 valence electrons. The van der Waals surface area contributed by atoms with Gasteiger partial charge in [0.1, 0.15) is 12.5 Å². The third-order valence-electron chi connectivity index (χ3n) is 2.52. The number of methoxy groups -OCH3 is 1. The molecule has 15 heavy (non-hydrogen) atoms. The maximum absolute atomic E-state index is 11.0. The number of hydrogen-bond donors (Lipinski definition) is 1. The van der Waals surface area contributed by atoms with Crippen LogP contribution in [0.4, 0.5) is 0 Å². The molecule has 1 heterocycles. The first-order chi connectivity index (χ1) is 7.13. The van der Waals surface area contributed by atoms with Crippen LogP contribution in [0.2, 0.25) is 0 Å². The number of hydrogen-bond acceptors (Lipinski definition) is 3. The van der Waals surface area contributed by atoms with E-state index in [0.29, 0.717) is 17.1 Å². The Kier molecular flexibility index (Phi) is 2.26. The average molecular weight is 208 g/mol. The van der Waals surface area contributed by atoms with Gasteiger partial charge in [0, 0.05) is 5.56 Å². The Balaban J connectivity index is 2.53. The highest BCUT2D eigenvalue weighted by Crippen LogP contribution is 2.42. The number of fused-ring (bicyclic) bond motifs is 1. The molecule has 0 saturated carbocycles. The minimum Gasteiger partial charge on any atom is -0.493 e. The number of carboxylic acids is 1.